The molecule has 0 aromatic carbocycles. The fourth-order valence-electron chi connectivity index (χ4n) is 1.47. The Morgan fingerprint density at radius 2 is 2.69 bits per heavy atom. The predicted octanol–water partition coefficient (Wildman–Crippen LogP) is 1.41. The Bertz CT molecular complexity index is 232. The van der Waals surface area contributed by atoms with Gasteiger partial charge in [0, 0.05) is 11.9 Å². The van der Waals surface area contributed by atoms with Gasteiger partial charge in [-0.3, -0.25) is 0 Å². The summed E-state index contributed by atoms with van der Waals surface area (Å²) in [5.74, 6) is 0. The van der Waals surface area contributed by atoms with E-state index in [2.05, 4.69) is 10.3 Å². The van der Waals surface area contributed by atoms with Crippen molar-refractivity contribution in [2.75, 3.05) is 13.1 Å². The molecule has 1 aromatic rings. The molecule has 2 heterocycles. The number of nitrogens with zero attached hydrogens (tertiary/aromatic N) is 1. The van der Waals surface area contributed by atoms with E-state index in [9.17, 15) is 0 Å². The number of piperidine rings is 1. The van der Waals surface area contributed by atoms with Crippen LogP contribution in [0.4, 0.5) is 0 Å². The Morgan fingerprint density at radius 3 is 3.38 bits per heavy atom. The quantitative estimate of drug-likeness (QED) is 0.797. The molecule has 0 saturated carbocycles. The van der Waals surface area contributed by atoms with E-state index in [1.54, 1.807) is 11.3 Å². The second-order valence-electron chi connectivity index (χ2n) is 3.26. The molecule has 0 radical (unpaired) electrons. The zero-order chi connectivity index (χ0) is 8.93. The number of rotatable bonds is 3. The van der Waals surface area contributed by atoms with Gasteiger partial charge in [-0.2, -0.15) is 0 Å². The molecule has 0 unspecified atom stereocenters. The summed E-state index contributed by atoms with van der Waals surface area (Å²) in [6.07, 6.45) is 2.79. The summed E-state index contributed by atoms with van der Waals surface area (Å²) >= 11 is 1.62. The van der Waals surface area contributed by atoms with Crippen LogP contribution in [0, 0.1) is 0 Å². The number of thiazole rings is 1. The Hall–Kier alpha value is -0.450. The average Bonchev–Trinajstić information content (AvgIpc) is 2.69. The van der Waals surface area contributed by atoms with Crippen LogP contribution >= 0.6 is 11.3 Å². The van der Waals surface area contributed by atoms with Crippen LogP contribution in [0.5, 0.6) is 0 Å². The maximum atomic E-state index is 5.71. The van der Waals surface area contributed by atoms with Gasteiger partial charge >= 0.3 is 0 Å². The first kappa shape index (κ1) is 9.12. The van der Waals surface area contributed by atoms with Gasteiger partial charge in [-0.25, -0.2) is 4.98 Å². The summed E-state index contributed by atoms with van der Waals surface area (Å²) in [5.41, 5.74) is 2.90. The van der Waals surface area contributed by atoms with Crippen LogP contribution in [0.3, 0.4) is 0 Å². The molecular formula is C9H14N2OS. The lowest BCUT2D eigenvalue weighted by atomic mass is 10.1. The lowest BCUT2D eigenvalue weighted by Gasteiger charge is -2.22. The topological polar surface area (TPSA) is 34.1 Å². The van der Waals surface area contributed by atoms with Crippen molar-refractivity contribution in [2.45, 2.75) is 25.6 Å². The van der Waals surface area contributed by atoms with Crippen LogP contribution in [0.15, 0.2) is 10.9 Å². The van der Waals surface area contributed by atoms with E-state index >= 15 is 0 Å². The highest BCUT2D eigenvalue weighted by Crippen LogP contribution is 2.09. The molecule has 1 N–H and O–H groups in total. The highest BCUT2D eigenvalue weighted by molar-refractivity contribution is 7.07. The van der Waals surface area contributed by atoms with Gasteiger partial charge in [0.2, 0.25) is 0 Å². The van der Waals surface area contributed by atoms with Crippen LogP contribution in [0.1, 0.15) is 18.5 Å². The molecule has 0 amide bonds. The lowest BCUT2D eigenvalue weighted by molar-refractivity contribution is 0.0238. The fourth-order valence-corrected chi connectivity index (χ4v) is 2.02. The summed E-state index contributed by atoms with van der Waals surface area (Å²) in [6, 6.07) is 0. The molecule has 3 nitrogen and oxygen atoms in total. The number of nitrogens with one attached hydrogen (secondary N) is 1. The third-order valence-electron chi connectivity index (χ3n) is 2.20. The van der Waals surface area contributed by atoms with Crippen LogP contribution in [-0.4, -0.2) is 24.2 Å². The molecule has 13 heavy (non-hydrogen) atoms. The van der Waals surface area contributed by atoms with Gasteiger partial charge in [0.15, 0.2) is 0 Å². The monoisotopic (exact) mass is 198 g/mol. The SMILES string of the molecule is c1nc(CO[C@H]2CCCNC2)cs1. The molecular weight excluding hydrogens is 184 g/mol. The zero-order valence-corrected chi connectivity index (χ0v) is 8.35. The Balaban J connectivity index is 1.72. The standard InChI is InChI=1S/C9H14N2OS/c1-2-9(4-10-3-1)12-5-8-6-13-7-11-8/h6-7,9-10H,1-5H2/t9-/m0/s1. The molecule has 1 aliphatic rings. The number of aromatic nitrogens is 1. The minimum Gasteiger partial charge on any atom is -0.371 e. The van der Waals surface area contributed by atoms with Crippen LogP contribution in [0.2, 0.25) is 0 Å². The molecule has 0 aliphatic carbocycles. The molecule has 1 aromatic heterocycles. The van der Waals surface area contributed by atoms with Crippen molar-refractivity contribution < 1.29 is 4.74 Å². The highest BCUT2D eigenvalue weighted by atomic mass is 32.1. The van der Waals surface area contributed by atoms with Gasteiger partial charge < -0.3 is 10.1 Å². The van der Waals surface area contributed by atoms with E-state index in [4.69, 9.17) is 4.74 Å². The first-order valence-corrected chi connectivity index (χ1v) is 5.59. The summed E-state index contributed by atoms with van der Waals surface area (Å²) in [7, 11) is 0. The molecule has 1 atom stereocenters. The van der Waals surface area contributed by atoms with Gasteiger partial charge in [-0.05, 0) is 19.4 Å². The van der Waals surface area contributed by atoms with Gasteiger partial charge in [0.1, 0.15) is 0 Å². The molecule has 1 fully saturated rings. The molecule has 1 saturated heterocycles. The van der Waals surface area contributed by atoms with E-state index in [0.717, 1.165) is 18.8 Å². The van der Waals surface area contributed by atoms with E-state index < -0.39 is 0 Å². The van der Waals surface area contributed by atoms with Crippen molar-refractivity contribution in [1.82, 2.24) is 10.3 Å². The summed E-state index contributed by atoms with van der Waals surface area (Å²) in [4.78, 5) is 4.17. The Kier molecular flexibility index (Phi) is 3.29. The number of ether oxygens (including phenoxy) is 1. The maximum absolute atomic E-state index is 5.71. The Labute approximate surface area is 82.1 Å². The smallest absolute Gasteiger partial charge is 0.0900 e. The van der Waals surface area contributed by atoms with Gasteiger partial charge in [0.25, 0.3) is 0 Å². The molecule has 4 heteroatoms. The van der Waals surface area contributed by atoms with E-state index in [1.807, 2.05) is 10.9 Å². The van der Waals surface area contributed by atoms with Gasteiger partial charge in [-0.1, -0.05) is 0 Å². The van der Waals surface area contributed by atoms with Crippen molar-refractivity contribution in [1.29, 1.82) is 0 Å². The minimum atomic E-state index is 0.385. The molecule has 0 spiro atoms. The number of hydrogen-bond acceptors (Lipinski definition) is 4. The molecule has 72 valence electrons. The first-order chi connectivity index (χ1) is 6.45. The summed E-state index contributed by atoms with van der Waals surface area (Å²) in [5, 5.41) is 5.36. The minimum absolute atomic E-state index is 0.385. The van der Waals surface area contributed by atoms with Crippen molar-refractivity contribution in [3.63, 3.8) is 0 Å². The highest BCUT2D eigenvalue weighted by Gasteiger charge is 2.13. The average molecular weight is 198 g/mol. The van der Waals surface area contributed by atoms with Crippen molar-refractivity contribution in [3.05, 3.63) is 16.6 Å². The van der Waals surface area contributed by atoms with Gasteiger partial charge in [-0.15, -0.1) is 11.3 Å². The van der Waals surface area contributed by atoms with E-state index in [-0.39, 0.29) is 0 Å². The third-order valence-corrected chi connectivity index (χ3v) is 2.84. The number of hydrogen-bond donors (Lipinski definition) is 1. The normalized spacial score (nSPS) is 23.2. The Morgan fingerprint density at radius 1 is 1.69 bits per heavy atom. The van der Waals surface area contributed by atoms with Crippen LogP contribution in [-0.2, 0) is 11.3 Å². The lowest BCUT2D eigenvalue weighted by Crippen LogP contribution is -2.35. The maximum Gasteiger partial charge on any atom is 0.0900 e. The zero-order valence-electron chi connectivity index (χ0n) is 7.53. The van der Waals surface area contributed by atoms with Gasteiger partial charge in [0.05, 0.1) is 23.9 Å². The van der Waals surface area contributed by atoms with Crippen molar-refractivity contribution >= 4 is 11.3 Å². The van der Waals surface area contributed by atoms with E-state index in [0.29, 0.717) is 12.7 Å². The van der Waals surface area contributed by atoms with Crippen molar-refractivity contribution in [2.24, 2.45) is 0 Å². The predicted molar refractivity (Wildman–Crippen MR) is 52.8 cm³/mol. The molecule has 1 aliphatic heterocycles. The first-order valence-electron chi connectivity index (χ1n) is 4.64. The van der Waals surface area contributed by atoms with E-state index in [1.165, 1.54) is 12.8 Å². The van der Waals surface area contributed by atoms with Crippen LogP contribution in [0.25, 0.3) is 0 Å². The fraction of sp³-hybridized carbons (Fsp3) is 0.667. The van der Waals surface area contributed by atoms with Crippen LogP contribution < -0.4 is 5.32 Å². The summed E-state index contributed by atoms with van der Waals surface area (Å²) in [6.45, 7) is 2.79. The molecule has 2 rings (SSSR count). The largest absolute Gasteiger partial charge is 0.371 e. The van der Waals surface area contributed by atoms with Crippen molar-refractivity contribution in [3.8, 4) is 0 Å². The second-order valence-corrected chi connectivity index (χ2v) is 3.98. The summed E-state index contributed by atoms with van der Waals surface area (Å²) < 4.78 is 5.71. The molecule has 0 bridgehead atoms. The third kappa shape index (κ3) is 2.76. The second kappa shape index (κ2) is 4.69.